The van der Waals surface area contributed by atoms with E-state index < -0.39 is 0 Å². The van der Waals surface area contributed by atoms with Crippen LogP contribution in [-0.4, -0.2) is 24.2 Å². The Morgan fingerprint density at radius 2 is 2.04 bits per heavy atom. The highest BCUT2D eigenvalue weighted by Gasteiger charge is 2.16. The lowest BCUT2D eigenvalue weighted by atomic mass is 9.94. The first-order valence-electron chi connectivity index (χ1n) is 9.03. The Kier molecular flexibility index (Phi) is 4.87. The number of hydrogen-bond acceptors (Lipinski definition) is 5. The molecular formula is C21H21FN4O. The van der Waals surface area contributed by atoms with Gasteiger partial charge in [-0.25, -0.2) is 4.39 Å². The molecule has 0 saturated heterocycles. The maximum atomic E-state index is 14.6. The Morgan fingerprint density at radius 1 is 1.19 bits per heavy atom. The van der Waals surface area contributed by atoms with Gasteiger partial charge in [-0.15, -0.1) is 0 Å². The third-order valence-corrected chi connectivity index (χ3v) is 4.70. The van der Waals surface area contributed by atoms with Crippen molar-refractivity contribution in [1.82, 2.24) is 15.8 Å². The van der Waals surface area contributed by atoms with Gasteiger partial charge in [0.2, 0.25) is 0 Å². The van der Waals surface area contributed by atoms with Gasteiger partial charge in [0, 0.05) is 24.1 Å². The Labute approximate surface area is 157 Å². The van der Waals surface area contributed by atoms with Crippen LogP contribution in [0.15, 0.2) is 64.1 Å². The molecule has 3 aromatic rings. The van der Waals surface area contributed by atoms with E-state index in [1.165, 1.54) is 0 Å². The van der Waals surface area contributed by atoms with Crippen molar-refractivity contribution in [2.24, 2.45) is 4.99 Å². The summed E-state index contributed by atoms with van der Waals surface area (Å²) in [5.74, 6) is 1.19. The minimum Gasteiger partial charge on any atom is -0.359 e. The van der Waals surface area contributed by atoms with E-state index in [1.807, 2.05) is 55.5 Å². The number of benzene rings is 2. The van der Waals surface area contributed by atoms with Gasteiger partial charge in [-0.2, -0.15) is 0 Å². The van der Waals surface area contributed by atoms with E-state index in [0.29, 0.717) is 12.1 Å². The first-order valence-corrected chi connectivity index (χ1v) is 9.03. The average molecular weight is 364 g/mol. The molecule has 5 nitrogen and oxygen atoms in total. The molecule has 0 spiro atoms. The van der Waals surface area contributed by atoms with Gasteiger partial charge in [0.25, 0.3) is 0 Å². The fourth-order valence-electron chi connectivity index (χ4n) is 3.13. The maximum absolute atomic E-state index is 14.6. The number of aliphatic imine (C=N–C) groups is 1. The predicted octanol–water partition coefficient (Wildman–Crippen LogP) is 3.68. The van der Waals surface area contributed by atoms with Crippen molar-refractivity contribution in [2.45, 2.75) is 19.4 Å². The van der Waals surface area contributed by atoms with Gasteiger partial charge >= 0.3 is 0 Å². The highest BCUT2D eigenvalue weighted by atomic mass is 19.1. The first-order chi connectivity index (χ1) is 13.2. The third kappa shape index (κ3) is 3.84. The Morgan fingerprint density at radius 3 is 2.78 bits per heavy atom. The van der Waals surface area contributed by atoms with Crippen molar-refractivity contribution in [3.05, 3.63) is 77.4 Å². The molecule has 1 atom stereocenters. The van der Waals surface area contributed by atoms with Crippen LogP contribution in [0.3, 0.4) is 0 Å². The van der Waals surface area contributed by atoms with Crippen molar-refractivity contribution in [2.75, 3.05) is 13.1 Å². The summed E-state index contributed by atoms with van der Waals surface area (Å²) in [5, 5.41) is 10.5. The number of rotatable bonds is 5. The number of aromatic nitrogens is 1. The molecule has 0 aliphatic carbocycles. The van der Waals surface area contributed by atoms with Gasteiger partial charge < -0.3 is 15.2 Å². The van der Waals surface area contributed by atoms with Gasteiger partial charge in [0.15, 0.2) is 11.7 Å². The predicted molar refractivity (Wildman–Crippen MR) is 103 cm³/mol. The summed E-state index contributed by atoms with van der Waals surface area (Å²) in [4.78, 5) is 4.27. The summed E-state index contributed by atoms with van der Waals surface area (Å²) in [5.41, 5.74) is 3.11. The number of guanidine groups is 1. The van der Waals surface area contributed by atoms with Gasteiger partial charge in [-0.05, 0) is 17.2 Å². The van der Waals surface area contributed by atoms with Crippen molar-refractivity contribution >= 4 is 5.96 Å². The fourth-order valence-corrected chi connectivity index (χ4v) is 3.13. The van der Waals surface area contributed by atoms with Crippen LogP contribution >= 0.6 is 0 Å². The summed E-state index contributed by atoms with van der Waals surface area (Å²) in [6.07, 6.45) is 0. The zero-order valence-corrected chi connectivity index (χ0v) is 15.1. The molecule has 2 N–H and O–H groups in total. The molecule has 1 aromatic heterocycles. The number of nitrogens with one attached hydrogen (secondary N) is 2. The molecule has 0 radical (unpaired) electrons. The molecule has 0 saturated carbocycles. The largest absolute Gasteiger partial charge is 0.359 e. The summed E-state index contributed by atoms with van der Waals surface area (Å²) < 4.78 is 20.0. The number of nitrogens with zero attached hydrogens (tertiary/aromatic N) is 2. The Balaban J connectivity index is 1.48. The van der Waals surface area contributed by atoms with Crippen LogP contribution in [0.5, 0.6) is 0 Å². The lowest BCUT2D eigenvalue weighted by Crippen LogP contribution is -2.33. The smallest absolute Gasteiger partial charge is 0.191 e. The molecule has 1 unspecified atom stereocenters. The summed E-state index contributed by atoms with van der Waals surface area (Å²) in [6, 6.07) is 16.8. The first kappa shape index (κ1) is 17.3. The summed E-state index contributed by atoms with van der Waals surface area (Å²) in [7, 11) is 0. The van der Waals surface area contributed by atoms with Gasteiger partial charge in [0.05, 0.1) is 18.8 Å². The summed E-state index contributed by atoms with van der Waals surface area (Å²) >= 11 is 0. The molecule has 6 heteroatoms. The van der Waals surface area contributed by atoms with Crippen molar-refractivity contribution in [3.8, 4) is 11.1 Å². The molecule has 4 rings (SSSR count). The molecule has 1 aliphatic heterocycles. The molecule has 0 amide bonds. The molecule has 0 bridgehead atoms. The standard InChI is InChI=1S/C21H21FN4O/c1-14(20-12-17(27-26-20)13-25-21-23-9-10-24-21)16-7-8-18(19(22)11-16)15-5-3-2-4-6-15/h2-8,11-12,14H,9-10,13H2,1H3,(H2,23,24,25). The van der Waals surface area contributed by atoms with Gasteiger partial charge in [0.1, 0.15) is 5.82 Å². The Bertz CT molecular complexity index is 952. The topological polar surface area (TPSA) is 62.5 Å². The highest BCUT2D eigenvalue weighted by molar-refractivity contribution is 5.81. The van der Waals surface area contributed by atoms with E-state index in [9.17, 15) is 4.39 Å². The van der Waals surface area contributed by atoms with Crippen molar-refractivity contribution < 1.29 is 8.91 Å². The third-order valence-electron chi connectivity index (χ3n) is 4.70. The van der Waals surface area contributed by atoms with Crippen LogP contribution in [-0.2, 0) is 6.54 Å². The van der Waals surface area contributed by atoms with Crippen LogP contribution in [0.4, 0.5) is 4.39 Å². The second-order valence-corrected chi connectivity index (χ2v) is 6.56. The van der Waals surface area contributed by atoms with Crippen LogP contribution in [0.25, 0.3) is 11.1 Å². The second-order valence-electron chi connectivity index (χ2n) is 6.56. The zero-order chi connectivity index (χ0) is 18.6. The van der Waals surface area contributed by atoms with E-state index in [2.05, 4.69) is 20.8 Å². The molecule has 0 fully saturated rings. The molecular weight excluding hydrogens is 343 g/mol. The molecule has 1 aliphatic rings. The molecule has 2 aromatic carbocycles. The van der Waals surface area contributed by atoms with Crippen LogP contribution in [0.2, 0.25) is 0 Å². The number of halogens is 1. The monoisotopic (exact) mass is 364 g/mol. The lowest BCUT2D eigenvalue weighted by Gasteiger charge is -2.11. The lowest BCUT2D eigenvalue weighted by molar-refractivity contribution is 0.373. The maximum Gasteiger partial charge on any atom is 0.191 e. The highest BCUT2D eigenvalue weighted by Crippen LogP contribution is 2.29. The normalized spacial score (nSPS) is 14.5. The minimum absolute atomic E-state index is 0.0660. The van der Waals surface area contributed by atoms with E-state index >= 15 is 0 Å². The van der Waals surface area contributed by atoms with Gasteiger partial charge in [-0.1, -0.05) is 54.5 Å². The van der Waals surface area contributed by atoms with Crippen LogP contribution < -0.4 is 10.6 Å². The Hall–Kier alpha value is -3.15. The van der Waals surface area contributed by atoms with E-state index in [4.69, 9.17) is 4.52 Å². The zero-order valence-electron chi connectivity index (χ0n) is 15.1. The second kappa shape index (κ2) is 7.61. The molecule has 2 heterocycles. The quantitative estimate of drug-likeness (QED) is 0.725. The fraction of sp³-hybridized carbons (Fsp3) is 0.238. The van der Waals surface area contributed by atoms with E-state index in [1.54, 1.807) is 6.07 Å². The van der Waals surface area contributed by atoms with Crippen LogP contribution in [0, 0.1) is 5.82 Å². The summed E-state index contributed by atoms with van der Waals surface area (Å²) in [6.45, 7) is 4.14. The number of hydrogen-bond donors (Lipinski definition) is 2. The van der Waals surface area contributed by atoms with Crippen LogP contribution in [0.1, 0.15) is 29.9 Å². The van der Waals surface area contributed by atoms with E-state index in [0.717, 1.165) is 41.6 Å². The molecule has 27 heavy (non-hydrogen) atoms. The van der Waals surface area contributed by atoms with Crippen molar-refractivity contribution in [3.63, 3.8) is 0 Å². The average Bonchev–Trinajstić information content (AvgIpc) is 3.38. The SMILES string of the molecule is CC(c1ccc(-c2ccccc2)c(F)c1)c1cc(CNC2=NCCN2)on1. The van der Waals surface area contributed by atoms with Crippen molar-refractivity contribution in [1.29, 1.82) is 0 Å². The minimum atomic E-state index is -0.235. The molecule has 138 valence electrons. The van der Waals surface area contributed by atoms with Gasteiger partial charge in [-0.3, -0.25) is 4.99 Å². The van der Waals surface area contributed by atoms with E-state index in [-0.39, 0.29) is 11.7 Å².